The maximum Gasteiger partial charge on any atom is 0.416 e. The average molecular weight is 552 g/mol. The number of fused-ring (bicyclic) bond motifs is 1. The number of rotatable bonds is 5. The lowest BCUT2D eigenvalue weighted by Crippen LogP contribution is -2.59. The third kappa shape index (κ3) is 4.41. The zero-order valence-electron chi connectivity index (χ0n) is 21.3. The fourth-order valence-corrected chi connectivity index (χ4v) is 4.94. The maximum atomic E-state index is 13.0. The Morgan fingerprint density at radius 3 is 2.48 bits per heavy atom. The van der Waals surface area contributed by atoms with Crippen molar-refractivity contribution in [1.82, 2.24) is 24.3 Å². The molecule has 0 atom stereocenters. The molecule has 13 heteroatoms. The molecule has 2 fully saturated rings. The topological polar surface area (TPSA) is 128 Å². The van der Waals surface area contributed by atoms with Crippen LogP contribution < -0.4 is 11.1 Å². The van der Waals surface area contributed by atoms with E-state index in [0.717, 1.165) is 24.2 Å². The highest BCUT2D eigenvalue weighted by atomic mass is 19.4. The normalized spacial score (nSPS) is 16.9. The predicted molar refractivity (Wildman–Crippen MR) is 138 cm³/mol. The summed E-state index contributed by atoms with van der Waals surface area (Å²) in [6.45, 7) is 3.81. The fourth-order valence-electron chi connectivity index (χ4n) is 4.94. The van der Waals surface area contributed by atoms with Crippen LogP contribution >= 0.6 is 0 Å². The van der Waals surface area contributed by atoms with Crippen LogP contribution in [0, 0.1) is 5.41 Å². The molecular formula is C27H24F3N7O3. The highest BCUT2D eigenvalue weighted by Crippen LogP contribution is 2.37. The number of hydrogen-bond acceptors (Lipinski definition) is 7. The number of imidazole rings is 1. The fraction of sp³-hybridized carbons (Fsp3) is 0.296. The van der Waals surface area contributed by atoms with Gasteiger partial charge in [-0.25, -0.2) is 15.0 Å². The van der Waals surface area contributed by atoms with Crippen molar-refractivity contribution in [2.75, 3.05) is 37.4 Å². The van der Waals surface area contributed by atoms with Gasteiger partial charge < -0.3 is 20.7 Å². The second kappa shape index (κ2) is 9.30. The van der Waals surface area contributed by atoms with Crippen molar-refractivity contribution in [2.45, 2.75) is 19.0 Å². The highest BCUT2D eigenvalue weighted by Gasteiger charge is 2.47. The molecule has 5 heterocycles. The maximum absolute atomic E-state index is 13.0. The number of alkyl halides is 3. The summed E-state index contributed by atoms with van der Waals surface area (Å²) < 4.78 is 46.1. The number of anilines is 2. The van der Waals surface area contributed by atoms with E-state index >= 15 is 0 Å². The molecule has 40 heavy (non-hydrogen) atoms. The first-order valence-electron chi connectivity index (χ1n) is 12.5. The van der Waals surface area contributed by atoms with Crippen molar-refractivity contribution in [3.05, 3.63) is 71.9 Å². The molecule has 4 aromatic rings. The van der Waals surface area contributed by atoms with Gasteiger partial charge >= 0.3 is 6.18 Å². The number of carbonyl (C=O) groups excluding carboxylic acids is 2. The molecule has 2 aliphatic heterocycles. The van der Waals surface area contributed by atoms with Crippen LogP contribution in [0.4, 0.5) is 24.8 Å². The van der Waals surface area contributed by atoms with E-state index < -0.39 is 23.1 Å². The number of ether oxygens (including phenoxy) is 1. The number of pyridine rings is 1. The molecule has 2 saturated heterocycles. The number of nitrogens with one attached hydrogen (secondary N) is 1. The quantitative estimate of drug-likeness (QED) is 0.388. The summed E-state index contributed by atoms with van der Waals surface area (Å²) in [6, 6.07) is 8.05. The molecule has 0 radical (unpaired) electrons. The molecule has 0 aliphatic carbocycles. The second-order valence-corrected chi connectivity index (χ2v) is 10.3. The number of nitrogens with zero attached hydrogens (tertiary/aromatic N) is 5. The summed E-state index contributed by atoms with van der Waals surface area (Å²) in [7, 11) is 0. The van der Waals surface area contributed by atoms with Gasteiger partial charge in [0.05, 0.1) is 30.1 Å². The van der Waals surface area contributed by atoms with Gasteiger partial charge in [-0.05, 0) is 31.2 Å². The number of benzene rings is 1. The van der Waals surface area contributed by atoms with E-state index in [2.05, 4.69) is 15.3 Å². The Morgan fingerprint density at radius 1 is 1.10 bits per heavy atom. The van der Waals surface area contributed by atoms with Crippen molar-refractivity contribution in [2.24, 2.45) is 5.41 Å². The van der Waals surface area contributed by atoms with E-state index in [0.29, 0.717) is 43.1 Å². The molecule has 3 N–H and O–H groups in total. The number of aromatic nitrogens is 4. The van der Waals surface area contributed by atoms with Crippen LogP contribution in [0.2, 0.25) is 0 Å². The predicted octanol–water partition coefficient (Wildman–Crippen LogP) is 3.61. The molecule has 10 nitrogen and oxygen atoms in total. The lowest BCUT2D eigenvalue weighted by atomic mass is 9.84. The van der Waals surface area contributed by atoms with Gasteiger partial charge in [0.15, 0.2) is 0 Å². The van der Waals surface area contributed by atoms with Gasteiger partial charge in [0.25, 0.3) is 5.91 Å². The molecule has 3 aromatic heterocycles. The minimum Gasteiger partial charge on any atom is -0.382 e. The minimum absolute atomic E-state index is 0.00149. The largest absolute Gasteiger partial charge is 0.416 e. The molecule has 206 valence electrons. The first-order chi connectivity index (χ1) is 19.0. The van der Waals surface area contributed by atoms with Crippen molar-refractivity contribution < 1.29 is 27.5 Å². The number of halogens is 3. The molecule has 0 spiro atoms. The minimum atomic E-state index is -4.55. The molecule has 0 saturated carbocycles. The van der Waals surface area contributed by atoms with E-state index in [4.69, 9.17) is 15.5 Å². The lowest BCUT2D eigenvalue weighted by molar-refractivity contribution is -0.173. The Morgan fingerprint density at radius 2 is 1.82 bits per heavy atom. The molecule has 1 aromatic carbocycles. The van der Waals surface area contributed by atoms with Crippen molar-refractivity contribution in [1.29, 1.82) is 0 Å². The average Bonchev–Trinajstić information content (AvgIpc) is 3.26. The highest BCUT2D eigenvalue weighted by molar-refractivity contribution is 6.04. The Kier molecular flexibility index (Phi) is 5.98. The van der Waals surface area contributed by atoms with Gasteiger partial charge in [0.2, 0.25) is 5.91 Å². The van der Waals surface area contributed by atoms with Crippen molar-refractivity contribution >= 4 is 29.0 Å². The van der Waals surface area contributed by atoms with E-state index in [1.54, 1.807) is 36.7 Å². The summed E-state index contributed by atoms with van der Waals surface area (Å²) in [4.78, 5) is 40.2. The van der Waals surface area contributed by atoms with E-state index in [9.17, 15) is 22.8 Å². The number of hydrogen-bond donors (Lipinski definition) is 2. The summed E-state index contributed by atoms with van der Waals surface area (Å²) in [5.74, 6) is 0.280. The lowest BCUT2D eigenvalue weighted by Gasteiger charge is -2.46. The Labute approximate surface area is 226 Å². The number of likely N-dealkylation sites (tertiary alicyclic amines) is 1. The number of amides is 2. The van der Waals surface area contributed by atoms with Crippen LogP contribution in [-0.4, -0.2) is 62.4 Å². The van der Waals surface area contributed by atoms with E-state index in [-0.39, 0.29) is 29.0 Å². The summed E-state index contributed by atoms with van der Waals surface area (Å²) >= 11 is 0. The van der Waals surface area contributed by atoms with Gasteiger partial charge in [-0.2, -0.15) is 13.2 Å². The SMILES string of the molecule is CC1(C(=O)N2CC(c3nc(-c4ccc(C(=O)Nc5cc(C(F)(F)F)ccn5)cc4)c4c(N)nccn34)C2)COC1. The van der Waals surface area contributed by atoms with Crippen LogP contribution in [0.5, 0.6) is 0 Å². The Hall–Kier alpha value is -4.52. The second-order valence-electron chi connectivity index (χ2n) is 10.3. The number of carbonyl (C=O) groups is 2. The smallest absolute Gasteiger partial charge is 0.382 e. The van der Waals surface area contributed by atoms with Crippen LogP contribution in [0.1, 0.15) is 34.6 Å². The van der Waals surface area contributed by atoms with Crippen molar-refractivity contribution in [3.63, 3.8) is 0 Å². The molecule has 2 aliphatic rings. The van der Waals surface area contributed by atoms with Crippen LogP contribution in [0.3, 0.4) is 0 Å². The molecular weight excluding hydrogens is 527 g/mol. The van der Waals surface area contributed by atoms with Gasteiger partial charge in [0, 0.05) is 42.8 Å². The zero-order chi connectivity index (χ0) is 28.2. The standard InChI is InChI=1S/C27H24F3N7O3/c1-26(13-40-14-26)25(39)36-11-17(12-36)23-35-20(21-22(31)33-8-9-37(21)23)15-2-4-16(5-3-15)24(38)34-19-10-18(6-7-32-19)27(28,29)30/h2-10,17H,11-14H2,1H3,(H2,31,33)(H,32,34,38). The van der Waals surface area contributed by atoms with Gasteiger partial charge in [-0.3, -0.25) is 14.0 Å². The summed E-state index contributed by atoms with van der Waals surface area (Å²) in [6.07, 6.45) is -0.210. The molecule has 0 bridgehead atoms. The van der Waals surface area contributed by atoms with Gasteiger partial charge in [-0.15, -0.1) is 0 Å². The Balaban J connectivity index is 1.23. The van der Waals surface area contributed by atoms with Crippen LogP contribution in [0.25, 0.3) is 16.8 Å². The van der Waals surface area contributed by atoms with Gasteiger partial charge in [0.1, 0.15) is 28.7 Å². The summed E-state index contributed by atoms with van der Waals surface area (Å²) in [5, 5.41) is 2.40. The summed E-state index contributed by atoms with van der Waals surface area (Å²) in [5.41, 5.74) is 6.91. The van der Waals surface area contributed by atoms with Gasteiger partial charge in [-0.1, -0.05) is 12.1 Å². The zero-order valence-corrected chi connectivity index (χ0v) is 21.3. The molecule has 2 amide bonds. The van der Waals surface area contributed by atoms with Crippen molar-refractivity contribution in [3.8, 4) is 11.3 Å². The Bertz CT molecular complexity index is 1620. The third-order valence-corrected chi connectivity index (χ3v) is 7.25. The molecule has 0 unspecified atom stereocenters. The first-order valence-corrected chi connectivity index (χ1v) is 12.5. The van der Waals surface area contributed by atoms with E-state index in [1.165, 1.54) is 0 Å². The number of nitrogen functional groups attached to an aromatic ring is 1. The first kappa shape index (κ1) is 25.7. The van der Waals surface area contributed by atoms with Crippen LogP contribution in [0.15, 0.2) is 55.0 Å². The monoisotopic (exact) mass is 551 g/mol. The third-order valence-electron chi connectivity index (χ3n) is 7.25. The van der Waals surface area contributed by atoms with Crippen LogP contribution in [-0.2, 0) is 15.7 Å². The van der Waals surface area contributed by atoms with E-state index in [1.807, 2.05) is 16.2 Å². The number of nitrogens with two attached hydrogens (primary N) is 1. The molecule has 6 rings (SSSR count).